The van der Waals surface area contributed by atoms with Crippen molar-refractivity contribution < 1.29 is 9.84 Å². The lowest BCUT2D eigenvalue weighted by Crippen LogP contribution is -2.16. The lowest BCUT2D eigenvalue weighted by Gasteiger charge is -2.09. The highest BCUT2D eigenvalue weighted by atomic mass is 79.9. The van der Waals surface area contributed by atoms with E-state index in [1.807, 2.05) is 18.2 Å². The number of hydrogen-bond donors (Lipinski definition) is 1. The molecule has 0 aromatic heterocycles. The Balaban J connectivity index is 2.51. The Labute approximate surface area is 73.9 Å². The van der Waals surface area contributed by atoms with Crippen LogP contribution < -0.4 is 4.74 Å². The van der Waals surface area contributed by atoms with Crippen LogP contribution in [-0.2, 0) is 0 Å². The molecule has 1 N–H and O–H groups in total. The van der Waals surface area contributed by atoms with Gasteiger partial charge in [0.25, 0.3) is 0 Å². The van der Waals surface area contributed by atoms with Crippen LogP contribution in [0.2, 0.25) is 0 Å². The summed E-state index contributed by atoms with van der Waals surface area (Å²) >= 11 is 3.10. The van der Waals surface area contributed by atoms with E-state index in [1.54, 1.807) is 12.1 Å². The van der Waals surface area contributed by atoms with E-state index in [-0.39, 0.29) is 0 Å². The van der Waals surface area contributed by atoms with Gasteiger partial charge < -0.3 is 9.84 Å². The van der Waals surface area contributed by atoms with Crippen LogP contribution in [0.1, 0.15) is 0 Å². The SMILES string of the molecule is OC(CBr)Oc1ccccc1. The van der Waals surface area contributed by atoms with Crippen LogP contribution >= 0.6 is 15.9 Å². The summed E-state index contributed by atoms with van der Waals surface area (Å²) in [7, 11) is 0. The van der Waals surface area contributed by atoms with E-state index in [2.05, 4.69) is 15.9 Å². The summed E-state index contributed by atoms with van der Waals surface area (Å²) in [6.07, 6.45) is -0.766. The van der Waals surface area contributed by atoms with Gasteiger partial charge in [0, 0.05) is 0 Å². The molecule has 1 aromatic rings. The van der Waals surface area contributed by atoms with Crippen LogP contribution in [0.25, 0.3) is 0 Å². The fraction of sp³-hybridized carbons (Fsp3) is 0.250. The zero-order chi connectivity index (χ0) is 8.10. The minimum absolute atomic E-state index is 0.419. The van der Waals surface area contributed by atoms with Crippen LogP contribution in [0, 0.1) is 0 Å². The number of benzene rings is 1. The molecule has 2 nitrogen and oxygen atoms in total. The third-order valence-electron chi connectivity index (χ3n) is 1.15. The monoisotopic (exact) mass is 216 g/mol. The molecule has 11 heavy (non-hydrogen) atoms. The fourth-order valence-electron chi connectivity index (χ4n) is 0.688. The summed E-state index contributed by atoms with van der Waals surface area (Å²) in [5.74, 6) is 0.680. The maximum atomic E-state index is 9.04. The van der Waals surface area contributed by atoms with Gasteiger partial charge in [-0.1, -0.05) is 34.1 Å². The smallest absolute Gasteiger partial charge is 0.207 e. The minimum atomic E-state index is -0.766. The van der Waals surface area contributed by atoms with Gasteiger partial charge in [-0.2, -0.15) is 0 Å². The number of para-hydroxylation sites is 1. The number of halogens is 1. The predicted octanol–water partition coefficient (Wildman–Crippen LogP) is 1.78. The van der Waals surface area contributed by atoms with E-state index in [4.69, 9.17) is 9.84 Å². The molecule has 0 heterocycles. The molecule has 1 atom stereocenters. The van der Waals surface area contributed by atoms with Crippen molar-refractivity contribution in [3.8, 4) is 5.75 Å². The molecule has 0 bridgehead atoms. The Morgan fingerprint density at radius 3 is 2.55 bits per heavy atom. The number of aliphatic hydroxyl groups is 1. The second-order valence-corrected chi connectivity index (χ2v) is 2.69. The van der Waals surface area contributed by atoms with Crippen molar-refractivity contribution in [2.45, 2.75) is 6.29 Å². The topological polar surface area (TPSA) is 29.5 Å². The Hall–Kier alpha value is -0.540. The molecule has 0 radical (unpaired) electrons. The van der Waals surface area contributed by atoms with E-state index >= 15 is 0 Å². The Morgan fingerprint density at radius 1 is 1.36 bits per heavy atom. The van der Waals surface area contributed by atoms with Crippen molar-refractivity contribution in [3.05, 3.63) is 30.3 Å². The molecule has 1 rings (SSSR count). The fourth-order valence-corrected chi connectivity index (χ4v) is 0.820. The van der Waals surface area contributed by atoms with Gasteiger partial charge in [-0.15, -0.1) is 0 Å². The van der Waals surface area contributed by atoms with Gasteiger partial charge >= 0.3 is 0 Å². The standard InChI is InChI=1S/C8H9BrO2/c9-6-8(10)11-7-4-2-1-3-5-7/h1-5,8,10H,6H2. The van der Waals surface area contributed by atoms with Gasteiger partial charge in [-0.3, -0.25) is 0 Å². The molecule has 1 unspecified atom stereocenters. The lowest BCUT2D eigenvalue weighted by atomic mass is 10.3. The van der Waals surface area contributed by atoms with Gasteiger partial charge in [0.15, 0.2) is 0 Å². The Kier molecular flexibility index (Phi) is 3.39. The molecular weight excluding hydrogens is 208 g/mol. The summed E-state index contributed by atoms with van der Waals surface area (Å²) in [6, 6.07) is 9.21. The maximum Gasteiger partial charge on any atom is 0.207 e. The maximum absolute atomic E-state index is 9.04. The number of alkyl halides is 1. The molecule has 3 heteroatoms. The molecule has 0 fully saturated rings. The van der Waals surface area contributed by atoms with E-state index in [0.29, 0.717) is 11.1 Å². The van der Waals surface area contributed by atoms with Gasteiger partial charge in [-0.25, -0.2) is 0 Å². The van der Waals surface area contributed by atoms with Crippen molar-refractivity contribution in [1.82, 2.24) is 0 Å². The molecule has 0 amide bonds. The molecular formula is C8H9BrO2. The van der Waals surface area contributed by atoms with Crippen molar-refractivity contribution in [3.63, 3.8) is 0 Å². The highest BCUT2D eigenvalue weighted by Gasteiger charge is 2.00. The van der Waals surface area contributed by atoms with Crippen molar-refractivity contribution >= 4 is 15.9 Å². The predicted molar refractivity (Wildman–Crippen MR) is 46.9 cm³/mol. The molecule has 0 aliphatic heterocycles. The average Bonchev–Trinajstić information content (AvgIpc) is 2.06. The van der Waals surface area contributed by atoms with E-state index in [1.165, 1.54) is 0 Å². The van der Waals surface area contributed by atoms with E-state index < -0.39 is 6.29 Å². The molecule has 0 saturated heterocycles. The van der Waals surface area contributed by atoms with Crippen molar-refractivity contribution in [1.29, 1.82) is 0 Å². The normalized spacial score (nSPS) is 12.5. The summed E-state index contributed by atoms with van der Waals surface area (Å²) in [5, 5.41) is 9.46. The lowest BCUT2D eigenvalue weighted by molar-refractivity contribution is 0.00487. The molecule has 0 spiro atoms. The largest absolute Gasteiger partial charge is 0.464 e. The number of aliphatic hydroxyl groups excluding tert-OH is 1. The second kappa shape index (κ2) is 4.36. The first-order valence-corrected chi connectivity index (χ1v) is 4.41. The van der Waals surface area contributed by atoms with Crippen molar-refractivity contribution in [2.75, 3.05) is 5.33 Å². The third-order valence-corrected chi connectivity index (χ3v) is 1.70. The summed E-state index contributed by atoms with van der Waals surface area (Å²) < 4.78 is 5.07. The Bertz CT molecular complexity index is 201. The number of ether oxygens (including phenoxy) is 1. The number of rotatable bonds is 3. The van der Waals surface area contributed by atoms with Crippen LogP contribution in [0.5, 0.6) is 5.75 Å². The highest BCUT2D eigenvalue weighted by Crippen LogP contribution is 2.10. The van der Waals surface area contributed by atoms with Crippen LogP contribution in [-0.4, -0.2) is 16.7 Å². The van der Waals surface area contributed by atoms with Gasteiger partial charge in [0.05, 0.1) is 5.33 Å². The third kappa shape index (κ3) is 2.91. The van der Waals surface area contributed by atoms with E-state index in [0.717, 1.165) is 0 Å². The van der Waals surface area contributed by atoms with Crippen LogP contribution in [0.15, 0.2) is 30.3 Å². The van der Waals surface area contributed by atoms with Crippen LogP contribution in [0.3, 0.4) is 0 Å². The summed E-state index contributed by atoms with van der Waals surface area (Å²) in [5.41, 5.74) is 0. The van der Waals surface area contributed by atoms with Crippen LogP contribution in [0.4, 0.5) is 0 Å². The first-order chi connectivity index (χ1) is 5.33. The van der Waals surface area contributed by atoms with Gasteiger partial charge in [0.1, 0.15) is 5.75 Å². The average molecular weight is 217 g/mol. The molecule has 1 aromatic carbocycles. The summed E-state index contributed by atoms with van der Waals surface area (Å²) in [4.78, 5) is 0. The van der Waals surface area contributed by atoms with Gasteiger partial charge in [0.2, 0.25) is 6.29 Å². The van der Waals surface area contributed by atoms with E-state index in [9.17, 15) is 0 Å². The summed E-state index contributed by atoms with van der Waals surface area (Å²) in [6.45, 7) is 0. The quantitative estimate of drug-likeness (QED) is 0.617. The highest BCUT2D eigenvalue weighted by molar-refractivity contribution is 9.09. The zero-order valence-electron chi connectivity index (χ0n) is 5.90. The Morgan fingerprint density at radius 2 is 2.00 bits per heavy atom. The molecule has 0 aliphatic carbocycles. The minimum Gasteiger partial charge on any atom is -0.464 e. The van der Waals surface area contributed by atoms with Gasteiger partial charge in [-0.05, 0) is 12.1 Å². The molecule has 60 valence electrons. The molecule has 0 aliphatic rings. The first kappa shape index (κ1) is 8.56. The second-order valence-electron chi connectivity index (χ2n) is 2.04. The molecule has 0 saturated carbocycles. The van der Waals surface area contributed by atoms with Crippen molar-refractivity contribution in [2.24, 2.45) is 0 Å². The first-order valence-electron chi connectivity index (χ1n) is 3.28. The number of hydrogen-bond acceptors (Lipinski definition) is 2. The zero-order valence-corrected chi connectivity index (χ0v) is 7.49.